The fourth-order valence-electron chi connectivity index (χ4n) is 1.92. The molecule has 72 valence electrons. The van der Waals surface area contributed by atoms with Gasteiger partial charge in [0.25, 0.3) is 0 Å². The van der Waals surface area contributed by atoms with Gasteiger partial charge in [-0.15, -0.1) is 11.6 Å². The summed E-state index contributed by atoms with van der Waals surface area (Å²) in [6.07, 6.45) is 4.26. The molecular formula is C9H18ClNO. The molecule has 0 aromatic heterocycles. The van der Waals surface area contributed by atoms with Crippen molar-refractivity contribution in [2.75, 3.05) is 26.0 Å². The molecule has 2 nitrogen and oxygen atoms in total. The smallest absolute Gasteiger partial charge is 0.0774 e. The zero-order chi connectivity index (χ0) is 9.03. The Morgan fingerprint density at radius 2 is 2.00 bits per heavy atom. The molecule has 12 heavy (non-hydrogen) atoms. The summed E-state index contributed by atoms with van der Waals surface area (Å²) in [5.74, 6) is 0.645. The second kappa shape index (κ2) is 4.45. The summed E-state index contributed by atoms with van der Waals surface area (Å²) < 4.78 is 0. The topological polar surface area (TPSA) is 23.5 Å². The molecular weight excluding hydrogens is 174 g/mol. The van der Waals surface area contributed by atoms with Crippen LogP contribution in [0.15, 0.2) is 0 Å². The number of halogens is 1. The van der Waals surface area contributed by atoms with Crippen LogP contribution in [0.1, 0.15) is 25.7 Å². The first-order valence-electron chi connectivity index (χ1n) is 4.63. The standard InChI is InChI=1S/C9H18ClNO/c1-11(7-6-10)8-9(12)4-2-3-5-9/h12H,2-8H2,1H3. The van der Waals surface area contributed by atoms with Crippen LogP contribution in [0.4, 0.5) is 0 Å². The van der Waals surface area contributed by atoms with Gasteiger partial charge in [0.15, 0.2) is 0 Å². The third-order valence-corrected chi connectivity index (χ3v) is 2.73. The predicted molar refractivity (Wildman–Crippen MR) is 51.6 cm³/mol. The van der Waals surface area contributed by atoms with Gasteiger partial charge in [-0.1, -0.05) is 12.8 Å². The fourth-order valence-corrected chi connectivity index (χ4v) is 2.21. The van der Waals surface area contributed by atoms with Gasteiger partial charge in [0.2, 0.25) is 0 Å². The first kappa shape index (κ1) is 10.3. The van der Waals surface area contributed by atoms with Gasteiger partial charge in [0.1, 0.15) is 0 Å². The molecule has 0 aromatic rings. The summed E-state index contributed by atoms with van der Waals surface area (Å²) in [5.41, 5.74) is -0.416. The maximum atomic E-state index is 10.0. The van der Waals surface area contributed by atoms with E-state index < -0.39 is 5.60 Å². The van der Waals surface area contributed by atoms with Crippen molar-refractivity contribution in [3.63, 3.8) is 0 Å². The molecule has 0 heterocycles. The molecule has 1 N–H and O–H groups in total. The fraction of sp³-hybridized carbons (Fsp3) is 1.00. The highest BCUT2D eigenvalue weighted by Crippen LogP contribution is 2.29. The van der Waals surface area contributed by atoms with Crippen LogP contribution >= 0.6 is 11.6 Å². The van der Waals surface area contributed by atoms with Crippen LogP contribution in [0.25, 0.3) is 0 Å². The molecule has 1 rings (SSSR count). The SMILES string of the molecule is CN(CCCl)CC1(O)CCCC1. The number of nitrogens with zero attached hydrogens (tertiary/aromatic N) is 1. The first-order valence-corrected chi connectivity index (χ1v) is 5.17. The number of likely N-dealkylation sites (N-methyl/N-ethyl adjacent to an activating group) is 1. The molecule has 0 aromatic carbocycles. The van der Waals surface area contributed by atoms with E-state index in [2.05, 4.69) is 4.90 Å². The third-order valence-electron chi connectivity index (χ3n) is 2.56. The van der Waals surface area contributed by atoms with Crippen molar-refractivity contribution >= 4 is 11.6 Å². The average Bonchev–Trinajstić information content (AvgIpc) is 2.36. The van der Waals surface area contributed by atoms with E-state index in [0.717, 1.165) is 25.9 Å². The number of hydrogen-bond acceptors (Lipinski definition) is 2. The summed E-state index contributed by atoms with van der Waals surface area (Å²) in [4.78, 5) is 2.11. The minimum atomic E-state index is -0.416. The first-order chi connectivity index (χ1) is 5.66. The van der Waals surface area contributed by atoms with E-state index >= 15 is 0 Å². The second-order valence-electron chi connectivity index (χ2n) is 3.86. The van der Waals surface area contributed by atoms with E-state index in [1.165, 1.54) is 12.8 Å². The molecule has 1 saturated carbocycles. The summed E-state index contributed by atoms with van der Waals surface area (Å²) in [6, 6.07) is 0. The van der Waals surface area contributed by atoms with Crippen LogP contribution in [0, 0.1) is 0 Å². The Labute approximate surface area is 79.5 Å². The Bertz CT molecular complexity index is 134. The summed E-state index contributed by atoms with van der Waals surface area (Å²) in [7, 11) is 2.01. The zero-order valence-electron chi connectivity index (χ0n) is 7.72. The zero-order valence-corrected chi connectivity index (χ0v) is 8.48. The monoisotopic (exact) mass is 191 g/mol. The van der Waals surface area contributed by atoms with Gasteiger partial charge in [-0.3, -0.25) is 0 Å². The van der Waals surface area contributed by atoms with Gasteiger partial charge in [0.05, 0.1) is 5.60 Å². The molecule has 3 heteroatoms. The van der Waals surface area contributed by atoms with Gasteiger partial charge >= 0.3 is 0 Å². The Hall–Kier alpha value is 0.210. The van der Waals surface area contributed by atoms with Crippen molar-refractivity contribution in [1.82, 2.24) is 4.90 Å². The van der Waals surface area contributed by atoms with E-state index in [1.54, 1.807) is 0 Å². The molecule has 1 fully saturated rings. The Kier molecular flexibility index (Phi) is 3.81. The number of rotatable bonds is 4. The third kappa shape index (κ3) is 2.92. The van der Waals surface area contributed by atoms with Gasteiger partial charge in [-0.2, -0.15) is 0 Å². The molecule has 0 bridgehead atoms. The van der Waals surface area contributed by atoms with E-state index in [0.29, 0.717) is 5.88 Å². The van der Waals surface area contributed by atoms with E-state index in [1.807, 2.05) is 7.05 Å². The van der Waals surface area contributed by atoms with E-state index in [4.69, 9.17) is 11.6 Å². The maximum Gasteiger partial charge on any atom is 0.0774 e. The molecule has 0 atom stereocenters. The second-order valence-corrected chi connectivity index (χ2v) is 4.24. The van der Waals surface area contributed by atoms with Crippen LogP contribution in [0.5, 0.6) is 0 Å². The lowest BCUT2D eigenvalue weighted by Crippen LogP contribution is -2.39. The van der Waals surface area contributed by atoms with E-state index in [9.17, 15) is 5.11 Å². The quantitative estimate of drug-likeness (QED) is 0.681. The molecule has 0 saturated heterocycles. The normalized spacial score (nSPS) is 22.0. The lowest BCUT2D eigenvalue weighted by molar-refractivity contribution is 0.0179. The number of hydrogen-bond donors (Lipinski definition) is 1. The number of alkyl halides is 1. The van der Waals surface area contributed by atoms with Gasteiger partial charge in [0, 0.05) is 19.0 Å². The van der Waals surface area contributed by atoms with Crippen LogP contribution in [0.2, 0.25) is 0 Å². The Balaban J connectivity index is 2.28. The maximum absolute atomic E-state index is 10.0. The average molecular weight is 192 g/mol. The number of aliphatic hydroxyl groups is 1. The lowest BCUT2D eigenvalue weighted by Gasteiger charge is -2.27. The highest BCUT2D eigenvalue weighted by Gasteiger charge is 2.31. The van der Waals surface area contributed by atoms with Crippen molar-refractivity contribution in [1.29, 1.82) is 0 Å². The predicted octanol–water partition coefficient (Wildman–Crippen LogP) is 1.46. The molecule has 0 radical (unpaired) electrons. The summed E-state index contributed by atoms with van der Waals surface area (Å²) >= 11 is 5.60. The van der Waals surface area contributed by atoms with Crippen LogP contribution in [-0.2, 0) is 0 Å². The summed E-state index contributed by atoms with van der Waals surface area (Å²) in [5, 5.41) is 10.0. The highest BCUT2D eigenvalue weighted by atomic mass is 35.5. The van der Waals surface area contributed by atoms with Crippen LogP contribution in [-0.4, -0.2) is 41.6 Å². The van der Waals surface area contributed by atoms with Crippen molar-refractivity contribution < 1.29 is 5.11 Å². The largest absolute Gasteiger partial charge is 0.389 e. The molecule has 0 aliphatic heterocycles. The molecule has 0 amide bonds. The van der Waals surface area contributed by atoms with Crippen LogP contribution in [0.3, 0.4) is 0 Å². The molecule has 1 aliphatic rings. The highest BCUT2D eigenvalue weighted by molar-refractivity contribution is 6.18. The minimum absolute atomic E-state index is 0.416. The molecule has 0 spiro atoms. The summed E-state index contributed by atoms with van der Waals surface area (Å²) in [6.45, 7) is 1.64. The van der Waals surface area contributed by atoms with Crippen LogP contribution < -0.4 is 0 Å². The Morgan fingerprint density at radius 1 is 1.42 bits per heavy atom. The lowest BCUT2D eigenvalue weighted by atomic mass is 10.0. The van der Waals surface area contributed by atoms with Crippen molar-refractivity contribution in [2.45, 2.75) is 31.3 Å². The van der Waals surface area contributed by atoms with Crippen molar-refractivity contribution in [2.24, 2.45) is 0 Å². The minimum Gasteiger partial charge on any atom is -0.389 e. The van der Waals surface area contributed by atoms with E-state index in [-0.39, 0.29) is 0 Å². The Morgan fingerprint density at radius 3 is 2.50 bits per heavy atom. The van der Waals surface area contributed by atoms with Crippen molar-refractivity contribution in [3.05, 3.63) is 0 Å². The molecule has 0 unspecified atom stereocenters. The van der Waals surface area contributed by atoms with Gasteiger partial charge in [-0.25, -0.2) is 0 Å². The molecule has 1 aliphatic carbocycles. The van der Waals surface area contributed by atoms with Gasteiger partial charge in [-0.05, 0) is 19.9 Å². The van der Waals surface area contributed by atoms with Crippen molar-refractivity contribution in [3.8, 4) is 0 Å². The van der Waals surface area contributed by atoms with Gasteiger partial charge < -0.3 is 10.0 Å².